The van der Waals surface area contributed by atoms with Crippen molar-refractivity contribution in [1.29, 1.82) is 0 Å². The molecule has 3 heterocycles. The highest BCUT2D eigenvalue weighted by Gasteiger charge is 2.19. The number of carbonyl (C=O) groups excluding carboxylic acids is 1. The normalized spacial score (nSPS) is 14.1. The Hall–Kier alpha value is -2.87. The molecule has 1 saturated heterocycles. The highest BCUT2D eigenvalue weighted by atomic mass is 32.1. The molecule has 1 fully saturated rings. The van der Waals surface area contributed by atoms with Crippen LogP contribution in [0.4, 0.5) is 10.8 Å². The smallest absolute Gasteiger partial charge is 0.268 e. The van der Waals surface area contributed by atoms with E-state index in [1.54, 1.807) is 0 Å². The van der Waals surface area contributed by atoms with Gasteiger partial charge in [0.05, 0.1) is 0 Å². The van der Waals surface area contributed by atoms with Crippen LogP contribution < -0.4 is 15.1 Å². The lowest BCUT2D eigenvalue weighted by molar-refractivity contribution is 0.0944. The van der Waals surface area contributed by atoms with E-state index >= 15 is 0 Å². The topological polar surface area (TPSA) is 66.3 Å². The number of piperidine rings is 1. The van der Waals surface area contributed by atoms with Crippen LogP contribution in [0.1, 0.15) is 35.3 Å². The van der Waals surface area contributed by atoms with Crippen LogP contribution in [0.5, 0.6) is 0 Å². The molecule has 1 aromatic carbocycles. The number of hydrogen-bond donors (Lipinski definition) is 1. The Labute approximate surface area is 175 Å². The number of rotatable bonds is 6. The first-order valence-electron chi connectivity index (χ1n) is 9.92. The summed E-state index contributed by atoms with van der Waals surface area (Å²) in [6.07, 6.45) is 5.53. The molecule has 1 aliphatic heterocycles. The van der Waals surface area contributed by atoms with Crippen molar-refractivity contribution >= 4 is 28.1 Å². The monoisotopic (exact) mass is 410 g/mol. The number of amides is 1. The molecule has 7 nitrogen and oxygen atoms in total. The van der Waals surface area contributed by atoms with E-state index in [2.05, 4.69) is 25.3 Å². The second kappa shape index (κ2) is 8.65. The van der Waals surface area contributed by atoms with Crippen LogP contribution in [0.3, 0.4) is 0 Å². The zero-order chi connectivity index (χ0) is 20.2. The Kier molecular flexibility index (Phi) is 5.80. The van der Waals surface area contributed by atoms with Crippen LogP contribution in [0.15, 0.2) is 42.6 Å². The highest BCUT2D eigenvalue weighted by molar-refractivity contribution is 7.17. The molecule has 2 aromatic heterocycles. The lowest BCUT2D eigenvalue weighted by atomic mass is 10.1. The summed E-state index contributed by atoms with van der Waals surface area (Å²) in [5, 5.41) is 13.3. The maximum Gasteiger partial charge on any atom is 0.268 e. The summed E-state index contributed by atoms with van der Waals surface area (Å²) in [6, 6.07) is 11.8. The summed E-state index contributed by atoms with van der Waals surface area (Å²) >= 11 is 1.53. The lowest BCUT2D eigenvalue weighted by Crippen LogP contribution is -2.29. The van der Waals surface area contributed by atoms with Gasteiger partial charge in [0.1, 0.15) is 5.69 Å². The third-order valence-corrected chi connectivity index (χ3v) is 6.11. The molecular weight excluding hydrogens is 384 g/mol. The largest absolute Gasteiger partial charge is 0.378 e. The predicted molar refractivity (Wildman–Crippen MR) is 117 cm³/mol. The molecule has 0 spiro atoms. The number of aromatic nitrogens is 3. The molecule has 1 N–H and O–H groups in total. The Morgan fingerprint density at radius 1 is 1.07 bits per heavy atom. The fourth-order valence-corrected chi connectivity index (χ4v) is 4.33. The van der Waals surface area contributed by atoms with Gasteiger partial charge in [-0.15, -0.1) is 10.2 Å². The third-order valence-electron chi connectivity index (χ3n) is 5.12. The summed E-state index contributed by atoms with van der Waals surface area (Å²) in [4.78, 5) is 17.1. The van der Waals surface area contributed by atoms with E-state index in [0.29, 0.717) is 12.2 Å². The van der Waals surface area contributed by atoms with E-state index in [-0.39, 0.29) is 5.91 Å². The molecular formula is C21H26N6OS. The first kappa shape index (κ1) is 19.4. The Balaban J connectivity index is 1.43. The molecule has 0 unspecified atom stereocenters. The van der Waals surface area contributed by atoms with Crippen molar-refractivity contribution < 1.29 is 4.79 Å². The van der Waals surface area contributed by atoms with Crippen molar-refractivity contribution in [2.24, 2.45) is 0 Å². The van der Waals surface area contributed by atoms with Gasteiger partial charge in [-0.25, -0.2) is 0 Å². The summed E-state index contributed by atoms with van der Waals surface area (Å²) in [5.74, 6) is -0.124. The first-order valence-corrected chi connectivity index (χ1v) is 10.7. The van der Waals surface area contributed by atoms with Gasteiger partial charge in [-0.05, 0) is 49.1 Å². The minimum Gasteiger partial charge on any atom is -0.378 e. The molecule has 0 bridgehead atoms. The van der Waals surface area contributed by atoms with Gasteiger partial charge < -0.3 is 15.1 Å². The van der Waals surface area contributed by atoms with Gasteiger partial charge in [0.25, 0.3) is 5.91 Å². The Bertz CT molecular complexity index is 956. The van der Waals surface area contributed by atoms with Gasteiger partial charge in [0, 0.05) is 45.6 Å². The van der Waals surface area contributed by atoms with Crippen molar-refractivity contribution in [2.75, 3.05) is 37.0 Å². The number of carbonyl (C=O) groups is 1. The Morgan fingerprint density at radius 3 is 2.52 bits per heavy atom. The van der Waals surface area contributed by atoms with Crippen LogP contribution in [0.25, 0.3) is 5.13 Å². The molecule has 0 radical (unpaired) electrons. The highest BCUT2D eigenvalue weighted by Crippen LogP contribution is 2.26. The van der Waals surface area contributed by atoms with Crippen molar-refractivity contribution in [3.05, 3.63) is 53.9 Å². The lowest BCUT2D eigenvalue weighted by Gasteiger charge is -2.25. The quantitative estimate of drug-likeness (QED) is 0.675. The van der Waals surface area contributed by atoms with E-state index in [9.17, 15) is 4.79 Å². The molecule has 3 aromatic rings. The van der Waals surface area contributed by atoms with Crippen molar-refractivity contribution in [3.8, 4) is 5.13 Å². The summed E-state index contributed by atoms with van der Waals surface area (Å²) in [5.41, 5.74) is 2.76. The van der Waals surface area contributed by atoms with Crippen molar-refractivity contribution in [3.63, 3.8) is 0 Å². The molecule has 0 atom stereocenters. The second-order valence-electron chi connectivity index (χ2n) is 7.42. The first-order chi connectivity index (χ1) is 14.1. The number of nitrogens with zero attached hydrogens (tertiary/aromatic N) is 5. The molecule has 4 rings (SSSR count). The molecule has 152 valence electrons. The molecule has 29 heavy (non-hydrogen) atoms. The second-order valence-corrected chi connectivity index (χ2v) is 8.36. The van der Waals surface area contributed by atoms with Crippen molar-refractivity contribution in [2.45, 2.75) is 25.8 Å². The van der Waals surface area contributed by atoms with Gasteiger partial charge in [-0.1, -0.05) is 23.5 Å². The SMILES string of the molecule is CN(C)c1ccc(CNC(=O)c2cccn2-c2nnc(N3CCCCC3)s2)cc1. The van der Waals surface area contributed by atoms with Crippen molar-refractivity contribution in [1.82, 2.24) is 20.1 Å². The predicted octanol–water partition coefficient (Wildman–Crippen LogP) is 3.32. The van der Waals surface area contributed by atoms with E-state index in [0.717, 1.165) is 34.6 Å². The average Bonchev–Trinajstić information content (AvgIpc) is 3.42. The van der Waals surface area contributed by atoms with Crippen LogP contribution in [-0.4, -0.2) is 47.9 Å². The molecule has 8 heteroatoms. The van der Waals surface area contributed by atoms with Gasteiger partial charge in [0.2, 0.25) is 10.3 Å². The number of nitrogens with one attached hydrogen (secondary N) is 1. The Morgan fingerprint density at radius 2 is 1.79 bits per heavy atom. The maximum atomic E-state index is 12.8. The minimum atomic E-state index is -0.124. The third kappa shape index (κ3) is 4.42. The number of benzene rings is 1. The summed E-state index contributed by atoms with van der Waals surface area (Å²) in [7, 11) is 4.02. The van der Waals surface area contributed by atoms with Crippen LogP contribution >= 0.6 is 11.3 Å². The fraction of sp³-hybridized carbons (Fsp3) is 0.381. The van der Waals surface area contributed by atoms with Crippen LogP contribution in [0, 0.1) is 0 Å². The number of anilines is 2. The molecule has 1 aliphatic rings. The maximum absolute atomic E-state index is 12.8. The van der Waals surface area contributed by atoms with E-state index in [1.807, 2.05) is 61.3 Å². The van der Waals surface area contributed by atoms with Crippen LogP contribution in [-0.2, 0) is 6.54 Å². The average molecular weight is 411 g/mol. The zero-order valence-corrected chi connectivity index (χ0v) is 17.7. The van der Waals surface area contributed by atoms with Gasteiger partial charge in [-0.3, -0.25) is 9.36 Å². The number of hydrogen-bond acceptors (Lipinski definition) is 6. The van der Waals surface area contributed by atoms with E-state index in [1.165, 1.54) is 30.6 Å². The van der Waals surface area contributed by atoms with E-state index in [4.69, 9.17) is 0 Å². The summed E-state index contributed by atoms with van der Waals surface area (Å²) < 4.78 is 1.82. The summed E-state index contributed by atoms with van der Waals surface area (Å²) in [6.45, 7) is 2.54. The van der Waals surface area contributed by atoms with Gasteiger partial charge in [-0.2, -0.15) is 0 Å². The molecule has 0 saturated carbocycles. The molecule has 0 aliphatic carbocycles. The fourth-order valence-electron chi connectivity index (χ4n) is 3.44. The standard InChI is InChI=1S/C21H26N6OS/c1-25(2)17-10-8-16(9-11-17)15-22-19(28)18-7-6-14-27(18)21-24-23-20(29-21)26-12-4-3-5-13-26/h6-11,14H,3-5,12-13,15H2,1-2H3,(H,22,28). The van der Waals surface area contributed by atoms with E-state index < -0.39 is 0 Å². The van der Waals surface area contributed by atoms with Gasteiger partial charge in [0.15, 0.2) is 0 Å². The van der Waals surface area contributed by atoms with Crippen LogP contribution in [0.2, 0.25) is 0 Å². The van der Waals surface area contributed by atoms with Gasteiger partial charge >= 0.3 is 0 Å². The zero-order valence-electron chi connectivity index (χ0n) is 16.8. The molecule has 1 amide bonds. The minimum absolute atomic E-state index is 0.124.